The topological polar surface area (TPSA) is 181 Å². The Morgan fingerprint density at radius 3 is 2.38 bits per heavy atom. The number of nitrogens with zero attached hydrogens (tertiary/aromatic N) is 4. The van der Waals surface area contributed by atoms with E-state index in [2.05, 4.69) is 15.0 Å². The smallest absolute Gasteiger partial charge is 0.361 e. The van der Waals surface area contributed by atoms with E-state index in [0.29, 0.717) is 0 Å². The highest BCUT2D eigenvalue weighted by molar-refractivity contribution is 6.51. The van der Waals surface area contributed by atoms with Gasteiger partial charge < -0.3 is 28.6 Å². The van der Waals surface area contributed by atoms with Crippen LogP contribution in [0.5, 0.6) is 5.75 Å². The minimum Gasteiger partial charge on any atom is -0.463 e. The number of hydrogen-bond donors (Lipinski definition) is 1. The van der Waals surface area contributed by atoms with E-state index in [-0.39, 0.29) is 30.6 Å². The van der Waals surface area contributed by atoms with Crippen LogP contribution in [0.2, 0.25) is 0 Å². The zero-order chi connectivity index (χ0) is 26.7. The molecule has 14 nitrogen and oxygen atoms in total. The van der Waals surface area contributed by atoms with Crippen LogP contribution in [-0.4, -0.2) is 90.1 Å². The lowest BCUT2D eigenvalue weighted by Gasteiger charge is -2.32. The summed E-state index contributed by atoms with van der Waals surface area (Å²) in [6.07, 6.45) is -3.24. The summed E-state index contributed by atoms with van der Waals surface area (Å²) in [6, 6.07) is 8.31. The molecule has 1 fully saturated rings. The Balaban J connectivity index is 1.60. The lowest BCUT2D eigenvalue weighted by atomic mass is 10.0. The highest BCUT2D eigenvalue weighted by Gasteiger charge is 2.56. The molecule has 4 rings (SSSR count). The van der Waals surface area contributed by atoms with E-state index in [1.54, 1.807) is 30.3 Å². The number of hydrogen-bond acceptors (Lipinski definition) is 14. The summed E-state index contributed by atoms with van der Waals surface area (Å²) in [5.41, 5.74) is 4.35. The fraction of sp³-hybridized carbons (Fsp3) is 0.435. The first-order chi connectivity index (χ1) is 17.6. The lowest BCUT2D eigenvalue weighted by Crippen LogP contribution is -2.61. The molecule has 1 aromatic carbocycles. The summed E-state index contributed by atoms with van der Waals surface area (Å²) in [5, 5.41) is 0. The molecule has 1 saturated heterocycles. The Kier molecular flexibility index (Phi) is 7.31. The van der Waals surface area contributed by atoms with Gasteiger partial charge in [0.2, 0.25) is 0 Å². The van der Waals surface area contributed by atoms with Gasteiger partial charge in [-0.15, -0.1) is 0 Å². The third-order valence-electron chi connectivity index (χ3n) is 5.58. The van der Waals surface area contributed by atoms with Gasteiger partial charge in [0.15, 0.2) is 24.3 Å². The van der Waals surface area contributed by atoms with E-state index in [9.17, 15) is 19.2 Å². The monoisotopic (exact) mass is 515 g/mol. The van der Waals surface area contributed by atoms with Gasteiger partial charge in [0.05, 0.1) is 0 Å². The van der Waals surface area contributed by atoms with E-state index < -0.39 is 54.1 Å². The van der Waals surface area contributed by atoms with Crippen LogP contribution in [0.25, 0.3) is 0 Å². The van der Waals surface area contributed by atoms with Crippen molar-refractivity contribution < 1.29 is 42.9 Å². The number of carbonyl (C=O) groups is 4. The third-order valence-corrected chi connectivity index (χ3v) is 5.58. The van der Waals surface area contributed by atoms with Gasteiger partial charge in [-0.05, 0) is 12.1 Å². The Morgan fingerprint density at radius 1 is 1.05 bits per heavy atom. The van der Waals surface area contributed by atoms with Gasteiger partial charge in [0.25, 0.3) is 5.66 Å². The SMILES string of the molecule is CC(=O)OC[C@H]1O[C@@H](N2CN=C3C2=NC=NC3(N)C(=O)Oc2ccccc2)[C@H](OC(C)=O)[C@@H]1OC(C)=O. The predicted molar refractivity (Wildman–Crippen MR) is 125 cm³/mol. The first kappa shape index (κ1) is 25.9. The number of benzene rings is 1. The molecule has 0 aliphatic carbocycles. The average Bonchev–Trinajstić information content (AvgIpc) is 3.40. The molecule has 1 aromatic rings. The van der Waals surface area contributed by atoms with Crippen molar-refractivity contribution in [3.8, 4) is 5.75 Å². The van der Waals surface area contributed by atoms with Crippen LogP contribution < -0.4 is 10.5 Å². The van der Waals surface area contributed by atoms with Gasteiger partial charge in [0, 0.05) is 20.8 Å². The first-order valence-corrected chi connectivity index (χ1v) is 11.2. The fourth-order valence-electron chi connectivity index (χ4n) is 4.05. The highest BCUT2D eigenvalue weighted by Crippen LogP contribution is 2.33. The van der Waals surface area contributed by atoms with Gasteiger partial charge in [-0.1, -0.05) is 18.2 Å². The molecule has 3 heterocycles. The van der Waals surface area contributed by atoms with Crippen LogP contribution in [0, 0.1) is 0 Å². The summed E-state index contributed by atoms with van der Waals surface area (Å²) in [6.45, 7) is 3.19. The second-order valence-electron chi connectivity index (χ2n) is 8.30. The van der Waals surface area contributed by atoms with Crippen LogP contribution >= 0.6 is 0 Å². The number of para-hydroxylation sites is 1. The maximum absolute atomic E-state index is 13.0. The lowest BCUT2D eigenvalue weighted by molar-refractivity contribution is -0.166. The van der Waals surface area contributed by atoms with Crippen molar-refractivity contribution in [1.29, 1.82) is 0 Å². The Bertz CT molecular complexity index is 1180. The summed E-state index contributed by atoms with van der Waals surface area (Å²) in [4.78, 5) is 62.2. The van der Waals surface area contributed by atoms with Gasteiger partial charge >= 0.3 is 23.9 Å². The molecule has 196 valence electrons. The average molecular weight is 515 g/mol. The molecule has 5 atom stereocenters. The molecular weight excluding hydrogens is 490 g/mol. The molecule has 2 N–H and O–H groups in total. The minimum absolute atomic E-state index is 0.00794. The molecule has 0 saturated carbocycles. The van der Waals surface area contributed by atoms with Crippen molar-refractivity contribution in [2.24, 2.45) is 20.7 Å². The van der Waals surface area contributed by atoms with Crippen molar-refractivity contribution in [2.45, 2.75) is 51.0 Å². The number of nitrogens with two attached hydrogens (primary N) is 1. The molecule has 0 radical (unpaired) electrons. The number of aliphatic imine (C=N–C) groups is 3. The normalized spacial score (nSPS) is 28.1. The van der Waals surface area contributed by atoms with Crippen molar-refractivity contribution >= 4 is 41.8 Å². The van der Waals surface area contributed by atoms with Gasteiger partial charge in [0.1, 0.15) is 37.2 Å². The number of amidine groups is 1. The maximum atomic E-state index is 13.0. The van der Waals surface area contributed by atoms with Crippen LogP contribution in [0.3, 0.4) is 0 Å². The molecule has 0 bridgehead atoms. The van der Waals surface area contributed by atoms with E-state index in [1.165, 1.54) is 25.7 Å². The van der Waals surface area contributed by atoms with Gasteiger partial charge in [-0.3, -0.25) is 25.1 Å². The third kappa shape index (κ3) is 5.34. The molecule has 3 aliphatic rings. The number of ether oxygens (including phenoxy) is 5. The quantitative estimate of drug-likeness (QED) is 0.282. The molecule has 0 spiro atoms. The molecule has 14 heteroatoms. The zero-order valence-electron chi connectivity index (χ0n) is 20.2. The number of fused-ring (bicyclic) bond motifs is 1. The van der Waals surface area contributed by atoms with E-state index >= 15 is 0 Å². The number of esters is 4. The molecule has 0 amide bonds. The number of carbonyl (C=O) groups excluding carboxylic acids is 4. The molecule has 3 aliphatic heterocycles. The van der Waals surface area contributed by atoms with Crippen LogP contribution in [0.4, 0.5) is 0 Å². The molecule has 37 heavy (non-hydrogen) atoms. The second kappa shape index (κ2) is 10.4. The largest absolute Gasteiger partial charge is 0.463 e. The van der Waals surface area contributed by atoms with Crippen molar-refractivity contribution in [3.63, 3.8) is 0 Å². The van der Waals surface area contributed by atoms with Crippen LogP contribution in [0.1, 0.15) is 20.8 Å². The van der Waals surface area contributed by atoms with Crippen molar-refractivity contribution in [3.05, 3.63) is 30.3 Å². The summed E-state index contributed by atoms with van der Waals surface area (Å²) < 4.78 is 27.3. The maximum Gasteiger partial charge on any atom is 0.361 e. The molecular formula is C23H25N5O9. The first-order valence-electron chi connectivity index (χ1n) is 11.2. The predicted octanol–water partition coefficient (Wildman–Crippen LogP) is -0.447. The van der Waals surface area contributed by atoms with E-state index in [4.69, 9.17) is 29.4 Å². The van der Waals surface area contributed by atoms with Gasteiger partial charge in [-0.2, -0.15) is 0 Å². The van der Waals surface area contributed by atoms with Crippen molar-refractivity contribution in [1.82, 2.24) is 4.90 Å². The second-order valence-corrected chi connectivity index (χ2v) is 8.30. The molecule has 1 unspecified atom stereocenters. The summed E-state index contributed by atoms with van der Waals surface area (Å²) >= 11 is 0. The fourth-order valence-corrected chi connectivity index (χ4v) is 4.05. The van der Waals surface area contributed by atoms with Crippen LogP contribution in [0.15, 0.2) is 45.3 Å². The minimum atomic E-state index is -2.01. The standard InChI is InChI=1S/C23H25N5O9/c1-12(29)33-9-16-17(34-13(2)30)18(35-14(3)31)21(37-16)28-11-26-19-20(28)25-10-27-23(19,24)22(32)36-15-7-5-4-6-8-15/h4-8,10,16-18,21H,9,11,24H2,1-3H3/t16-,17-,18-,21-,23?/m1/s1. The Labute approximate surface area is 211 Å². The molecule has 0 aromatic heterocycles. The summed E-state index contributed by atoms with van der Waals surface area (Å²) in [5.74, 6) is -2.42. The van der Waals surface area contributed by atoms with Crippen molar-refractivity contribution in [2.75, 3.05) is 13.3 Å². The van der Waals surface area contributed by atoms with E-state index in [0.717, 1.165) is 6.34 Å². The zero-order valence-corrected chi connectivity index (χ0v) is 20.2. The summed E-state index contributed by atoms with van der Waals surface area (Å²) in [7, 11) is 0. The van der Waals surface area contributed by atoms with Crippen LogP contribution in [-0.2, 0) is 38.1 Å². The van der Waals surface area contributed by atoms with Gasteiger partial charge in [-0.25, -0.2) is 14.8 Å². The Morgan fingerprint density at radius 2 is 1.73 bits per heavy atom. The Hall–Kier alpha value is -4.17. The van der Waals surface area contributed by atoms with E-state index in [1.807, 2.05) is 0 Å². The highest BCUT2D eigenvalue weighted by atomic mass is 16.7. The number of rotatable bonds is 7.